The lowest BCUT2D eigenvalue weighted by Crippen LogP contribution is -2.49. The van der Waals surface area contributed by atoms with Crippen molar-refractivity contribution in [2.45, 2.75) is 91.6 Å². The molecule has 2 aliphatic heterocycles. The number of hydrogen-bond acceptors (Lipinski definition) is 8. The van der Waals surface area contributed by atoms with E-state index in [0.717, 1.165) is 28.2 Å². The first-order valence-electron chi connectivity index (χ1n) is 17.1. The van der Waals surface area contributed by atoms with Gasteiger partial charge in [-0.15, -0.1) is 0 Å². The molecule has 0 N–H and O–H groups in total. The highest BCUT2D eigenvalue weighted by Gasteiger charge is 2.37. The predicted octanol–water partition coefficient (Wildman–Crippen LogP) is 7.29. The van der Waals surface area contributed by atoms with Crippen LogP contribution in [0, 0.1) is 18.7 Å². The van der Waals surface area contributed by atoms with Crippen LogP contribution in [0.1, 0.15) is 70.2 Å². The molecule has 2 aromatic carbocycles. The average Bonchev–Trinajstić information content (AvgIpc) is 3.26. The molecule has 2 atom stereocenters. The van der Waals surface area contributed by atoms with E-state index in [0.29, 0.717) is 62.3 Å². The number of piperidine rings is 1. The molecule has 0 radical (unpaired) electrons. The van der Waals surface area contributed by atoms with Crippen LogP contribution in [-0.4, -0.2) is 72.5 Å². The van der Waals surface area contributed by atoms with Gasteiger partial charge >= 0.3 is 12.1 Å². The van der Waals surface area contributed by atoms with E-state index in [-0.39, 0.29) is 36.5 Å². The van der Waals surface area contributed by atoms with Crippen molar-refractivity contribution < 1.29 is 32.9 Å². The number of hydrogen-bond donors (Lipinski definition) is 0. The summed E-state index contributed by atoms with van der Waals surface area (Å²) in [5.74, 6) is 0.526. The third kappa shape index (κ3) is 8.90. The fraction of sp³-hybridized carbons (Fsp3) is 0.513. The standard InChI is InChI=1S/C39H50FN3O6/c1-25-11-9-12-29(31-13-10-14-33(41-31)43-22-19-30(32(23-43)46-8)36(44)48-38(2,3)4)35(25)47-24-27-16-15-26-17-20-42(21-18-28(26)34(27)40)37(45)49-39(5,6)7/h9-16,30,32H,17-24H2,1-8H3/t30-,32+/m0/s1. The van der Waals surface area contributed by atoms with Gasteiger partial charge in [-0.1, -0.05) is 30.3 Å². The molecule has 1 saturated heterocycles. The molecular weight excluding hydrogens is 625 g/mol. The van der Waals surface area contributed by atoms with Gasteiger partial charge in [-0.05, 0) is 103 Å². The Bertz CT molecular complexity index is 1660. The number of aryl methyl sites for hydroxylation is 1. The number of methoxy groups -OCH3 is 1. The molecule has 1 aromatic heterocycles. The number of esters is 1. The van der Waals surface area contributed by atoms with Gasteiger partial charge in [0.2, 0.25) is 0 Å². The zero-order valence-corrected chi connectivity index (χ0v) is 30.1. The van der Waals surface area contributed by atoms with Crippen LogP contribution in [0.3, 0.4) is 0 Å². The minimum absolute atomic E-state index is 0.0418. The van der Waals surface area contributed by atoms with E-state index in [1.807, 2.05) is 90.9 Å². The summed E-state index contributed by atoms with van der Waals surface area (Å²) in [6.45, 7) is 15.1. The maximum atomic E-state index is 16.0. The lowest BCUT2D eigenvalue weighted by Gasteiger charge is -2.38. The Hall–Kier alpha value is -4.18. The second kappa shape index (κ2) is 14.7. The number of nitrogens with zero attached hydrogens (tertiary/aromatic N) is 3. The third-order valence-corrected chi connectivity index (χ3v) is 8.84. The fourth-order valence-electron chi connectivity index (χ4n) is 6.40. The maximum Gasteiger partial charge on any atom is 0.410 e. The number of halogens is 1. The van der Waals surface area contributed by atoms with E-state index in [1.165, 1.54) is 0 Å². The lowest BCUT2D eigenvalue weighted by atomic mass is 9.93. The maximum absolute atomic E-state index is 16.0. The SMILES string of the molecule is CO[C@@H]1CN(c2cccc(-c3cccc(C)c3OCc3ccc4c(c3F)CCN(C(=O)OC(C)(C)C)CC4)n2)CC[C@@H]1C(=O)OC(C)(C)C. The predicted molar refractivity (Wildman–Crippen MR) is 187 cm³/mol. The van der Waals surface area contributed by atoms with Gasteiger partial charge in [-0.2, -0.15) is 0 Å². The highest BCUT2D eigenvalue weighted by molar-refractivity contribution is 5.74. The first-order valence-corrected chi connectivity index (χ1v) is 17.1. The first kappa shape index (κ1) is 36.1. The van der Waals surface area contributed by atoms with Crippen LogP contribution >= 0.6 is 0 Å². The summed E-state index contributed by atoms with van der Waals surface area (Å²) < 4.78 is 39.3. The van der Waals surface area contributed by atoms with E-state index in [1.54, 1.807) is 18.1 Å². The zero-order chi connectivity index (χ0) is 35.5. The van der Waals surface area contributed by atoms with E-state index in [4.69, 9.17) is 23.9 Å². The van der Waals surface area contributed by atoms with Crippen molar-refractivity contribution in [1.82, 2.24) is 9.88 Å². The van der Waals surface area contributed by atoms with E-state index in [9.17, 15) is 9.59 Å². The van der Waals surface area contributed by atoms with Gasteiger partial charge in [0.1, 0.15) is 35.2 Å². The van der Waals surface area contributed by atoms with Gasteiger partial charge in [-0.3, -0.25) is 4.79 Å². The number of carbonyl (C=O) groups is 2. The molecule has 9 nitrogen and oxygen atoms in total. The molecule has 3 heterocycles. The van der Waals surface area contributed by atoms with Crippen molar-refractivity contribution in [2.75, 3.05) is 38.2 Å². The third-order valence-electron chi connectivity index (χ3n) is 8.84. The van der Waals surface area contributed by atoms with Crippen LogP contribution in [0.5, 0.6) is 5.75 Å². The summed E-state index contributed by atoms with van der Waals surface area (Å²) in [7, 11) is 1.62. The second-order valence-electron chi connectivity index (χ2n) is 14.9. The molecule has 0 bridgehead atoms. The van der Waals surface area contributed by atoms with Crippen LogP contribution in [0.15, 0.2) is 48.5 Å². The van der Waals surface area contributed by atoms with Crippen LogP contribution in [-0.2, 0) is 38.5 Å². The number of fused-ring (bicyclic) bond motifs is 1. The average molecular weight is 676 g/mol. The molecule has 5 rings (SSSR count). The molecule has 1 fully saturated rings. The van der Waals surface area contributed by atoms with Gasteiger partial charge in [0.05, 0.1) is 17.7 Å². The van der Waals surface area contributed by atoms with Crippen molar-refractivity contribution in [3.8, 4) is 17.0 Å². The van der Waals surface area contributed by atoms with Crippen LogP contribution in [0.25, 0.3) is 11.3 Å². The number of benzene rings is 2. The van der Waals surface area contributed by atoms with Gasteiger partial charge in [0.25, 0.3) is 0 Å². The van der Waals surface area contributed by atoms with Crippen LogP contribution < -0.4 is 9.64 Å². The van der Waals surface area contributed by atoms with Crippen molar-refractivity contribution >= 4 is 17.9 Å². The van der Waals surface area contributed by atoms with Crippen molar-refractivity contribution in [1.29, 1.82) is 0 Å². The number of ether oxygens (including phenoxy) is 4. The summed E-state index contributed by atoms with van der Waals surface area (Å²) >= 11 is 0. The molecule has 10 heteroatoms. The number of rotatable bonds is 7. The molecule has 0 unspecified atom stereocenters. The molecule has 0 saturated carbocycles. The highest BCUT2D eigenvalue weighted by atomic mass is 19.1. The lowest BCUT2D eigenvalue weighted by molar-refractivity contribution is -0.165. The highest BCUT2D eigenvalue weighted by Crippen LogP contribution is 2.35. The minimum atomic E-state index is -0.593. The number of pyridine rings is 1. The van der Waals surface area contributed by atoms with E-state index >= 15 is 4.39 Å². The smallest absolute Gasteiger partial charge is 0.410 e. The normalized spacial score (nSPS) is 18.4. The first-order chi connectivity index (χ1) is 23.1. The van der Waals surface area contributed by atoms with Gasteiger partial charge in [0.15, 0.2) is 0 Å². The molecule has 0 aliphatic carbocycles. The topological polar surface area (TPSA) is 90.4 Å². The summed E-state index contributed by atoms with van der Waals surface area (Å²) in [5.41, 5.74) is 3.26. The largest absolute Gasteiger partial charge is 0.488 e. The molecule has 1 amide bonds. The molecule has 2 aliphatic rings. The van der Waals surface area contributed by atoms with Gasteiger partial charge < -0.3 is 28.7 Å². The summed E-state index contributed by atoms with van der Waals surface area (Å²) in [6, 6.07) is 15.4. The summed E-state index contributed by atoms with van der Waals surface area (Å²) in [6.07, 6.45) is 0.838. The van der Waals surface area contributed by atoms with Gasteiger partial charge in [0, 0.05) is 44.4 Å². The number of para-hydroxylation sites is 1. The fourth-order valence-corrected chi connectivity index (χ4v) is 6.40. The summed E-state index contributed by atoms with van der Waals surface area (Å²) in [5, 5.41) is 0. The van der Waals surface area contributed by atoms with Crippen LogP contribution in [0.2, 0.25) is 0 Å². The molecule has 49 heavy (non-hydrogen) atoms. The zero-order valence-electron chi connectivity index (χ0n) is 30.1. The molecule has 264 valence electrons. The number of aromatic nitrogens is 1. The minimum Gasteiger partial charge on any atom is -0.488 e. The number of amides is 1. The number of carbonyl (C=O) groups excluding carboxylic acids is 2. The Morgan fingerprint density at radius 3 is 2.35 bits per heavy atom. The van der Waals surface area contributed by atoms with Crippen molar-refractivity contribution in [3.63, 3.8) is 0 Å². The Balaban J connectivity index is 1.31. The van der Waals surface area contributed by atoms with Crippen LogP contribution in [0.4, 0.5) is 15.0 Å². The quantitative estimate of drug-likeness (QED) is 0.241. The number of anilines is 1. The molecular formula is C39H50FN3O6. The Kier molecular flexibility index (Phi) is 10.9. The van der Waals surface area contributed by atoms with Gasteiger partial charge in [-0.25, -0.2) is 14.2 Å². The summed E-state index contributed by atoms with van der Waals surface area (Å²) in [4.78, 5) is 34.4. The Labute approximate surface area is 289 Å². The second-order valence-corrected chi connectivity index (χ2v) is 14.9. The van der Waals surface area contributed by atoms with Crippen molar-refractivity contribution in [3.05, 3.63) is 76.6 Å². The molecule has 0 spiro atoms. The van der Waals surface area contributed by atoms with E-state index < -0.39 is 11.2 Å². The Morgan fingerprint density at radius 1 is 0.918 bits per heavy atom. The molecule has 3 aromatic rings. The Morgan fingerprint density at radius 2 is 1.63 bits per heavy atom. The monoisotopic (exact) mass is 675 g/mol. The van der Waals surface area contributed by atoms with E-state index in [2.05, 4.69) is 4.90 Å². The van der Waals surface area contributed by atoms with Crippen molar-refractivity contribution in [2.24, 2.45) is 5.92 Å².